The van der Waals surface area contributed by atoms with Crippen LogP contribution in [-0.4, -0.2) is 22.9 Å². The summed E-state index contributed by atoms with van der Waals surface area (Å²) in [6.07, 6.45) is 7.55. The molecular weight excluding hydrogens is 230 g/mol. The molecule has 0 amide bonds. The normalized spacial score (nSPS) is 16.2. The monoisotopic (exact) mass is 247 g/mol. The molecular formula is C13H17N3O2. The van der Waals surface area contributed by atoms with Crippen LogP contribution in [0.25, 0.3) is 0 Å². The van der Waals surface area contributed by atoms with Gasteiger partial charge in [-0.05, 0) is 18.8 Å². The summed E-state index contributed by atoms with van der Waals surface area (Å²) < 4.78 is 6.34. The average molecular weight is 247 g/mol. The van der Waals surface area contributed by atoms with Gasteiger partial charge in [-0.3, -0.25) is 4.68 Å². The van der Waals surface area contributed by atoms with E-state index in [-0.39, 0.29) is 11.3 Å². The van der Waals surface area contributed by atoms with E-state index in [2.05, 4.69) is 5.10 Å². The average Bonchev–Trinajstić information content (AvgIpc) is 2.82. The minimum absolute atomic E-state index is 0.283. The van der Waals surface area contributed by atoms with Crippen LogP contribution >= 0.6 is 0 Å². The molecule has 5 nitrogen and oxygen atoms in total. The van der Waals surface area contributed by atoms with Crippen LogP contribution in [0.4, 0.5) is 0 Å². The number of esters is 1. The van der Waals surface area contributed by atoms with Crippen LogP contribution in [0.1, 0.15) is 48.2 Å². The Kier molecular flexibility index (Phi) is 3.98. The number of methoxy groups -OCH3 is 1. The van der Waals surface area contributed by atoms with Crippen molar-refractivity contribution in [3.05, 3.63) is 17.5 Å². The first-order chi connectivity index (χ1) is 8.76. The van der Waals surface area contributed by atoms with Crippen molar-refractivity contribution in [2.24, 2.45) is 5.92 Å². The summed E-state index contributed by atoms with van der Waals surface area (Å²) in [5.74, 6) is 0.0634. The fourth-order valence-corrected chi connectivity index (χ4v) is 2.53. The zero-order valence-corrected chi connectivity index (χ0v) is 10.6. The highest BCUT2D eigenvalue weighted by Crippen LogP contribution is 2.25. The van der Waals surface area contributed by atoms with Gasteiger partial charge in [-0.25, -0.2) is 4.79 Å². The summed E-state index contributed by atoms with van der Waals surface area (Å²) in [5.41, 5.74) is 0.572. The van der Waals surface area contributed by atoms with Gasteiger partial charge in [0.2, 0.25) is 0 Å². The molecule has 0 atom stereocenters. The molecule has 0 bridgehead atoms. The van der Waals surface area contributed by atoms with E-state index in [0.717, 1.165) is 0 Å². The number of ether oxygens (including phenoxy) is 1. The van der Waals surface area contributed by atoms with E-state index in [4.69, 9.17) is 10.00 Å². The van der Waals surface area contributed by atoms with Crippen LogP contribution in [-0.2, 0) is 11.3 Å². The van der Waals surface area contributed by atoms with Gasteiger partial charge in [-0.15, -0.1) is 0 Å². The first kappa shape index (κ1) is 12.6. The van der Waals surface area contributed by atoms with Crippen LogP contribution in [0.5, 0.6) is 0 Å². The summed E-state index contributed by atoms with van der Waals surface area (Å²) in [6.45, 7) is 0.701. The van der Waals surface area contributed by atoms with Crippen LogP contribution in [0.15, 0.2) is 6.20 Å². The fourth-order valence-electron chi connectivity index (χ4n) is 2.53. The standard InChI is InChI=1S/C13H17N3O2/c1-18-13(17)12-11(7-14)8-15-16(12)9-10-5-3-2-4-6-10/h8,10H,2-6,9H2,1H3. The summed E-state index contributed by atoms with van der Waals surface area (Å²) in [7, 11) is 1.32. The van der Waals surface area contributed by atoms with E-state index in [0.29, 0.717) is 12.5 Å². The maximum atomic E-state index is 11.7. The number of carbonyl (C=O) groups excluding carboxylic acids is 1. The van der Waals surface area contributed by atoms with Crippen molar-refractivity contribution >= 4 is 5.97 Å². The number of nitriles is 1. The van der Waals surface area contributed by atoms with Crippen molar-refractivity contribution in [1.82, 2.24) is 9.78 Å². The van der Waals surface area contributed by atoms with E-state index in [1.807, 2.05) is 6.07 Å². The molecule has 0 N–H and O–H groups in total. The summed E-state index contributed by atoms with van der Waals surface area (Å²) in [5, 5.41) is 13.1. The molecule has 1 aromatic heterocycles. The molecule has 0 aromatic carbocycles. The van der Waals surface area contributed by atoms with Gasteiger partial charge in [-0.1, -0.05) is 19.3 Å². The molecule has 1 aliphatic carbocycles. The maximum absolute atomic E-state index is 11.7. The number of hydrogen-bond acceptors (Lipinski definition) is 4. The molecule has 1 saturated carbocycles. The summed E-state index contributed by atoms with van der Waals surface area (Å²) >= 11 is 0. The molecule has 1 heterocycles. The van der Waals surface area contributed by atoms with Crippen molar-refractivity contribution in [2.75, 3.05) is 7.11 Å². The Bertz CT molecular complexity index is 467. The van der Waals surface area contributed by atoms with Gasteiger partial charge in [0.25, 0.3) is 0 Å². The molecule has 96 valence electrons. The zero-order chi connectivity index (χ0) is 13.0. The number of rotatable bonds is 3. The minimum atomic E-state index is -0.486. The van der Waals surface area contributed by atoms with Crippen LogP contribution in [0.3, 0.4) is 0 Å². The van der Waals surface area contributed by atoms with Gasteiger partial charge in [0.15, 0.2) is 5.69 Å². The molecule has 0 radical (unpaired) electrons. The number of nitrogens with zero attached hydrogens (tertiary/aromatic N) is 3. The Morgan fingerprint density at radius 2 is 2.28 bits per heavy atom. The minimum Gasteiger partial charge on any atom is -0.464 e. The van der Waals surface area contributed by atoms with Crippen molar-refractivity contribution in [3.8, 4) is 6.07 Å². The Morgan fingerprint density at radius 1 is 1.56 bits per heavy atom. The highest BCUT2D eigenvalue weighted by Gasteiger charge is 2.22. The van der Waals surface area contributed by atoms with E-state index in [9.17, 15) is 4.79 Å². The molecule has 0 aliphatic heterocycles. The first-order valence-electron chi connectivity index (χ1n) is 6.30. The smallest absolute Gasteiger partial charge is 0.357 e. The summed E-state index contributed by atoms with van der Waals surface area (Å²) in [4.78, 5) is 11.7. The molecule has 1 fully saturated rings. The topological polar surface area (TPSA) is 67.9 Å². The SMILES string of the molecule is COC(=O)c1c(C#N)cnn1CC1CCCCC1. The van der Waals surface area contributed by atoms with Gasteiger partial charge in [0.1, 0.15) is 11.6 Å². The summed E-state index contributed by atoms with van der Waals surface area (Å²) in [6, 6.07) is 1.98. The highest BCUT2D eigenvalue weighted by molar-refractivity contribution is 5.90. The van der Waals surface area contributed by atoms with E-state index in [1.165, 1.54) is 45.4 Å². The Balaban J connectivity index is 2.19. The van der Waals surface area contributed by atoms with Crippen LogP contribution in [0, 0.1) is 17.2 Å². The lowest BCUT2D eigenvalue weighted by atomic mass is 9.89. The van der Waals surface area contributed by atoms with Crippen LogP contribution in [0.2, 0.25) is 0 Å². The van der Waals surface area contributed by atoms with Crippen molar-refractivity contribution < 1.29 is 9.53 Å². The zero-order valence-electron chi connectivity index (χ0n) is 10.6. The largest absolute Gasteiger partial charge is 0.464 e. The molecule has 0 saturated heterocycles. The molecule has 18 heavy (non-hydrogen) atoms. The molecule has 2 rings (SSSR count). The van der Waals surface area contributed by atoms with Crippen molar-refractivity contribution in [3.63, 3.8) is 0 Å². The van der Waals surface area contributed by atoms with E-state index < -0.39 is 5.97 Å². The molecule has 0 unspecified atom stereocenters. The van der Waals surface area contributed by atoms with Gasteiger partial charge >= 0.3 is 5.97 Å². The Hall–Kier alpha value is -1.83. The van der Waals surface area contributed by atoms with Crippen molar-refractivity contribution in [1.29, 1.82) is 5.26 Å². The second-order valence-electron chi connectivity index (χ2n) is 4.70. The first-order valence-corrected chi connectivity index (χ1v) is 6.30. The Labute approximate surface area is 106 Å². The van der Waals surface area contributed by atoms with E-state index >= 15 is 0 Å². The molecule has 5 heteroatoms. The van der Waals surface area contributed by atoms with Gasteiger partial charge < -0.3 is 4.74 Å². The lowest BCUT2D eigenvalue weighted by Gasteiger charge is -2.21. The van der Waals surface area contributed by atoms with Crippen LogP contribution < -0.4 is 0 Å². The molecule has 1 aromatic rings. The second-order valence-corrected chi connectivity index (χ2v) is 4.70. The second kappa shape index (κ2) is 5.67. The third kappa shape index (κ3) is 2.53. The van der Waals surface area contributed by atoms with Gasteiger partial charge in [-0.2, -0.15) is 10.4 Å². The Morgan fingerprint density at radius 3 is 2.89 bits per heavy atom. The lowest BCUT2D eigenvalue weighted by Crippen LogP contribution is -2.19. The van der Waals surface area contributed by atoms with Gasteiger partial charge in [0, 0.05) is 6.54 Å². The third-order valence-corrected chi connectivity index (χ3v) is 3.49. The molecule has 1 aliphatic rings. The predicted molar refractivity (Wildman–Crippen MR) is 64.9 cm³/mol. The van der Waals surface area contributed by atoms with Crippen molar-refractivity contribution in [2.45, 2.75) is 38.6 Å². The number of hydrogen-bond donors (Lipinski definition) is 0. The van der Waals surface area contributed by atoms with Gasteiger partial charge in [0.05, 0.1) is 13.3 Å². The quantitative estimate of drug-likeness (QED) is 0.767. The lowest BCUT2D eigenvalue weighted by molar-refractivity contribution is 0.0584. The number of aromatic nitrogens is 2. The fraction of sp³-hybridized carbons (Fsp3) is 0.615. The third-order valence-electron chi connectivity index (χ3n) is 3.49. The highest BCUT2D eigenvalue weighted by atomic mass is 16.5. The number of carbonyl (C=O) groups is 1. The van der Waals surface area contributed by atoms with E-state index in [1.54, 1.807) is 4.68 Å². The predicted octanol–water partition coefficient (Wildman–Crippen LogP) is 2.12. The molecule has 0 spiro atoms. The maximum Gasteiger partial charge on any atom is 0.357 e.